The van der Waals surface area contributed by atoms with E-state index in [9.17, 15) is 9.59 Å². The Morgan fingerprint density at radius 1 is 1.07 bits per heavy atom. The smallest absolute Gasteiger partial charge is 0.242 e. The van der Waals surface area contributed by atoms with E-state index in [4.69, 9.17) is 9.97 Å². The zero-order valence-corrected chi connectivity index (χ0v) is 17.1. The number of benzene rings is 1. The van der Waals surface area contributed by atoms with Crippen LogP contribution < -0.4 is 15.5 Å². The van der Waals surface area contributed by atoms with E-state index in [1.54, 1.807) is 0 Å². The highest BCUT2D eigenvalue weighted by Gasteiger charge is 2.32. The van der Waals surface area contributed by atoms with E-state index < -0.39 is 0 Å². The van der Waals surface area contributed by atoms with Gasteiger partial charge in [-0.1, -0.05) is 30.3 Å². The monoisotopic (exact) mass is 405 g/mol. The molecule has 2 saturated heterocycles. The molecular formula is C23H27N5O2. The predicted molar refractivity (Wildman–Crippen MR) is 114 cm³/mol. The number of carbonyl (C=O) groups is 2. The van der Waals surface area contributed by atoms with E-state index in [2.05, 4.69) is 27.7 Å². The summed E-state index contributed by atoms with van der Waals surface area (Å²) in [7, 11) is 0. The first kappa shape index (κ1) is 19.0. The number of aromatic nitrogens is 2. The topological polar surface area (TPSA) is 87.2 Å². The molecule has 7 heteroatoms. The molecular weight excluding hydrogens is 378 g/mol. The van der Waals surface area contributed by atoms with Crippen molar-refractivity contribution in [2.24, 2.45) is 5.92 Å². The molecule has 2 aromatic rings. The van der Waals surface area contributed by atoms with Gasteiger partial charge in [0.25, 0.3) is 0 Å². The van der Waals surface area contributed by atoms with Crippen LogP contribution in [0.4, 0.5) is 5.82 Å². The first-order valence-electron chi connectivity index (χ1n) is 11.0. The molecule has 1 unspecified atom stereocenters. The molecule has 30 heavy (non-hydrogen) atoms. The van der Waals surface area contributed by atoms with Crippen LogP contribution in [0.1, 0.15) is 36.9 Å². The van der Waals surface area contributed by atoms with Crippen molar-refractivity contribution in [2.75, 3.05) is 24.5 Å². The van der Waals surface area contributed by atoms with E-state index >= 15 is 0 Å². The second kappa shape index (κ2) is 8.05. The molecule has 3 aliphatic rings. The lowest BCUT2D eigenvalue weighted by atomic mass is 9.95. The average molecular weight is 406 g/mol. The molecule has 1 atom stereocenters. The van der Waals surface area contributed by atoms with Gasteiger partial charge in [-0.25, -0.2) is 9.97 Å². The molecule has 7 nitrogen and oxygen atoms in total. The molecule has 2 amide bonds. The Morgan fingerprint density at radius 3 is 2.60 bits per heavy atom. The Labute approximate surface area is 176 Å². The Morgan fingerprint density at radius 2 is 1.87 bits per heavy atom. The predicted octanol–water partition coefficient (Wildman–Crippen LogP) is 1.85. The van der Waals surface area contributed by atoms with Crippen LogP contribution >= 0.6 is 0 Å². The molecule has 0 spiro atoms. The number of hydrogen-bond donors (Lipinski definition) is 2. The van der Waals surface area contributed by atoms with E-state index in [1.807, 2.05) is 18.2 Å². The van der Waals surface area contributed by atoms with Crippen molar-refractivity contribution in [1.29, 1.82) is 0 Å². The highest BCUT2D eigenvalue weighted by atomic mass is 16.2. The first-order valence-corrected chi connectivity index (χ1v) is 11.0. The first-order chi connectivity index (χ1) is 14.7. The molecule has 2 fully saturated rings. The highest BCUT2D eigenvalue weighted by Crippen LogP contribution is 2.33. The minimum absolute atomic E-state index is 0.00888. The SMILES string of the molecule is O=C(NC1CCNC1=O)C1CCN(c2nc(-c3ccccc3)nc3c2CCC3)CC1. The molecule has 0 radical (unpaired) electrons. The van der Waals surface area contributed by atoms with Gasteiger partial charge in [-0.3, -0.25) is 9.59 Å². The van der Waals surface area contributed by atoms with Crippen LogP contribution in [0, 0.1) is 5.92 Å². The summed E-state index contributed by atoms with van der Waals surface area (Å²) in [5, 5.41) is 5.70. The number of piperidine rings is 1. The van der Waals surface area contributed by atoms with Gasteiger partial charge in [0.1, 0.15) is 11.9 Å². The summed E-state index contributed by atoms with van der Waals surface area (Å²) in [5.74, 6) is 1.74. The van der Waals surface area contributed by atoms with Crippen molar-refractivity contribution in [3.8, 4) is 11.4 Å². The fourth-order valence-electron chi connectivity index (χ4n) is 4.77. The molecule has 2 aliphatic heterocycles. The summed E-state index contributed by atoms with van der Waals surface area (Å²) in [4.78, 5) is 36.5. The van der Waals surface area contributed by atoms with Gasteiger partial charge in [-0.05, 0) is 38.5 Å². The Bertz CT molecular complexity index is 954. The van der Waals surface area contributed by atoms with Gasteiger partial charge < -0.3 is 15.5 Å². The number of hydrogen-bond acceptors (Lipinski definition) is 5. The number of aryl methyl sites for hydroxylation is 1. The molecule has 3 heterocycles. The largest absolute Gasteiger partial charge is 0.356 e. The normalized spacial score (nSPS) is 21.4. The third-order valence-electron chi connectivity index (χ3n) is 6.47. The van der Waals surface area contributed by atoms with Crippen LogP contribution in [0.15, 0.2) is 30.3 Å². The second-order valence-electron chi connectivity index (χ2n) is 8.42. The Kier molecular flexibility index (Phi) is 5.11. The van der Waals surface area contributed by atoms with Gasteiger partial charge in [0, 0.05) is 42.4 Å². The van der Waals surface area contributed by atoms with Gasteiger partial charge >= 0.3 is 0 Å². The fraction of sp³-hybridized carbons (Fsp3) is 0.478. The number of nitrogens with one attached hydrogen (secondary N) is 2. The summed E-state index contributed by atoms with van der Waals surface area (Å²) < 4.78 is 0. The third kappa shape index (κ3) is 3.64. The van der Waals surface area contributed by atoms with Crippen LogP contribution in [0.25, 0.3) is 11.4 Å². The molecule has 0 saturated carbocycles. The van der Waals surface area contributed by atoms with E-state index in [-0.39, 0.29) is 23.8 Å². The fourth-order valence-corrected chi connectivity index (χ4v) is 4.77. The average Bonchev–Trinajstić information content (AvgIpc) is 3.42. The number of amides is 2. The van der Waals surface area contributed by atoms with Crippen LogP contribution in [-0.4, -0.2) is 47.5 Å². The van der Waals surface area contributed by atoms with Gasteiger partial charge in [0.05, 0.1) is 0 Å². The van der Waals surface area contributed by atoms with E-state index in [0.717, 1.165) is 62.4 Å². The van der Waals surface area contributed by atoms with Crippen LogP contribution in [-0.2, 0) is 22.4 Å². The molecule has 5 rings (SSSR count). The van der Waals surface area contributed by atoms with Crippen molar-refractivity contribution >= 4 is 17.6 Å². The maximum Gasteiger partial charge on any atom is 0.242 e. The second-order valence-corrected chi connectivity index (χ2v) is 8.42. The van der Waals surface area contributed by atoms with Crippen LogP contribution in [0.5, 0.6) is 0 Å². The van der Waals surface area contributed by atoms with Gasteiger partial charge in [-0.15, -0.1) is 0 Å². The van der Waals surface area contributed by atoms with Crippen LogP contribution in [0.2, 0.25) is 0 Å². The molecule has 2 N–H and O–H groups in total. The summed E-state index contributed by atoms with van der Waals surface area (Å²) in [6.45, 7) is 2.24. The van der Waals surface area contributed by atoms with Crippen molar-refractivity contribution < 1.29 is 9.59 Å². The third-order valence-corrected chi connectivity index (χ3v) is 6.47. The number of nitrogens with zero attached hydrogens (tertiary/aromatic N) is 3. The van der Waals surface area contributed by atoms with Crippen molar-refractivity contribution in [3.63, 3.8) is 0 Å². The lowest BCUT2D eigenvalue weighted by Crippen LogP contribution is -2.46. The van der Waals surface area contributed by atoms with Crippen LogP contribution in [0.3, 0.4) is 0 Å². The van der Waals surface area contributed by atoms with E-state index in [1.165, 1.54) is 11.3 Å². The molecule has 156 valence electrons. The zero-order chi connectivity index (χ0) is 20.5. The molecule has 1 aromatic carbocycles. The summed E-state index contributed by atoms with van der Waals surface area (Å²) in [6.07, 6.45) is 5.39. The van der Waals surface area contributed by atoms with E-state index in [0.29, 0.717) is 13.0 Å². The standard InChI is InChI=1S/C23H27N5O2/c29-22(26-19-9-12-24-23(19)30)16-10-13-28(14-11-16)21-17-7-4-8-18(17)25-20(27-21)15-5-2-1-3-6-15/h1-3,5-6,16,19H,4,7-14H2,(H,24,30)(H,26,29). The maximum atomic E-state index is 12.6. The highest BCUT2D eigenvalue weighted by molar-refractivity contribution is 5.89. The number of fused-ring (bicyclic) bond motifs is 1. The van der Waals surface area contributed by atoms with Crippen molar-refractivity contribution in [1.82, 2.24) is 20.6 Å². The minimum Gasteiger partial charge on any atom is -0.356 e. The maximum absolute atomic E-state index is 12.6. The van der Waals surface area contributed by atoms with Gasteiger partial charge in [0.15, 0.2) is 5.82 Å². The Balaban J connectivity index is 1.31. The lowest BCUT2D eigenvalue weighted by molar-refractivity contribution is -0.130. The van der Waals surface area contributed by atoms with Crippen molar-refractivity contribution in [2.45, 2.75) is 44.6 Å². The molecule has 1 aromatic heterocycles. The number of carbonyl (C=O) groups excluding carboxylic acids is 2. The molecule has 1 aliphatic carbocycles. The quantitative estimate of drug-likeness (QED) is 0.811. The Hall–Kier alpha value is -2.96. The minimum atomic E-state index is -0.367. The molecule has 0 bridgehead atoms. The number of anilines is 1. The van der Waals surface area contributed by atoms with Crippen molar-refractivity contribution in [3.05, 3.63) is 41.6 Å². The summed E-state index contributed by atoms with van der Waals surface area (Å²) in [6, 6.07) is 9.77. The summed E-state index contributed by atoms with van der Waals surface area (Å²) >= 11 is 0. The zero-order valence-electron chi connectivity index (χ0n) is 17.1. The van der Waals surface area contributed by atoms with Gasteiger partial charge in [0.2, 0.25) is 11.8 Å². The summed E-state index contributed by atoms with van der Waals surface area (Å²) in [5.41, 5.74) is 3.49. The van der Waals surface area contributed by atoms with Gasteiger partial charge in [-0.2, -0.15) is 0 Å². The lowest BCUT2D eigenvalue weighted by Gasteiger charge is -2.33. The number of rotatable bonds is 4.